The molecule has 0 aliphatic heterocycles. The summed E-state index contributed by atoms with van der Waals surface area (Å²) in [5.41, 5.74) is 1.50. The summed E-state index contributed by atoms with van der Waals surface area (Å²) in [4.78, 5) is 19.5. The Hall–Kier alpha value is -2.73. The first-order chi connectivity index (χ1) is 13.0. The molecule has 3 aromatic rings. The summed E-state index contributed by atoms with van der Waals surface area (Å²) in [7, 11) is 1.78. The summed E-state index contributed by atoms with van der Waals surface area (Å²) in [5, 5.41) is 0.719. The van der Waals surface area contributed by atoms with Gasteiger partial charge in [0.2, 0.25) is 0 Å². The molecule has 0 bridgehead atoms. The van der Waals surface area contributed by atoms with E-state index in [-0.39, 0.29) is 11.7 Å². The van der Waals surface area contributed by atoms with Crippen LogP contribution in [0.3, 0.4) is 0 Å². The lowest BCUT2D eigenvalue weighted by molar-refractivity contribution is 0.0791. The van der Waals surface area contributed by atoms with Crippen LogP contribution in [0.4, 0.5) is 4.39 Å². The Balaban J connectivity index is 1.57. The number of aromatic nitrogens is 1. The average molecular weight is 384 g/mol. The van der Waals surface area contributed by atoms with Crippen LogP contribution in [0.5, 0.6) is 5.75 Å². The second-order valence-corrected chi connectivity index (χ2v) is 7.18. The van der Waals surface area contributed by atoms with Crippen molar-refractivity contribution < 1.29 is 13.9 Å². The first-order valence-electron chi connectivity index (χ1n) is 8.71. The van der Waals surface area contributed by atoms with E-state index in [0.717, 1.165) is 22.7 Å². The molecule has 1 aromatic heterocycles. The molecule has 1 amide bonds. The fraction of sp³-hybridized carbons (Fsp3) is 0.238. The maximum atomic E-state index is 13.1. The predicted molar refractivity (Wildman–Crippen MR) is 106 cm³/mol. The Morgan fingerprint density at radius 3 is 2.56 bits per heavy atom. The third-order valence-corrected chi connectivity index (χ3v) is 5.27. The van der Waals surface area contributed by atoms with Crippen LogP contribution in [-0.2, 0) is 0 Å². The van der Waals surface area contributed by atoms with Crippen LogP contribution in [0, 0.1) is 12.7 Å². The molecule has 6 heteroatoms. The van der Waals surface area contributed by atoms with Gasteiger partial charge in [-0.2, -0.15) is 0 Å². The van der Waals surface area contributed by atoms with E-state index in [2.05, 4.69) is 4.98 Å². The van der Waals surface area contributed by atoms with E-state index in [0.29, 0.717) is 23.7 Å². The Morgan fingerprint density at radius 2 is 1.85 bits per heavy atom. The van der Waals surface area contributed by atoms with Gasteiger partial charge in [0.05, 0.1) is 12.3 Å². The number of hydrogen-bond acceptors (Lipinski definition) is 4. The molecule has 2 aromatic carbocycles. The van der Waals surface area contributed by atoms with Crippen LogP contribution in [0.15, 0.2) is 54.6 Å². The van der Waals surface area contributed by atoms with Gasteiger partial charge in [-0.05, 0) is 49.7 Å². The summed E-state index contributed by atoms with van der Waals surface area (Å²) in [6.07, 6.45) is 0.736. The summed E-state index contributed by atoms with van der Waals surface area (Å²) in [5.74, 6) is 0.479. The summed E-state index contributed by atoms with van der Waals surface area (Å²) >= 11 is 1.33. The van der Waals surface area contributed by atoms with Crippen LogP contribution in [0.25, 0.3) is 10.6 Å². The highest BCUT2D eigenvalue weighted by molar-refractivity contribution is 7.17. The minimum absolute atomic E-state index is 0.0573. The van der Waals surface area contributed by atoms with Gasteiger partial charge in [0.1, 0.15) is 21.5 Å². The van der Waals surface area contributed by atoms with E-state index in [1.165, 1.54) is 23.5 Å². The molecule has 0 radical (unpaired) electrons. The van der Waals surface area contributed by atoms with Gasteiger partial charge in [-0.25, -0.2) is 9.37 Å². The minimum Gasteiger partial charge on any atom is -0.494 e. The SMILES string of the molecule is Cc1nc(-c2ccc(F)cc2)sc1C(=O)N(C)CCCOc1ccccc1. The molecular weight excluding hydrogens is 363 g/mol. The van der Waals surface area contributed by atoms with Gasteiger partial charge in [-0.1, -0.05) is 18.2 Å². The van der Waals surface area contributed by atoms with Gasteiger partial charge in [0.25, 0.3) is 5.91 Å². The number of thiazole rings is 1. The average Bonchev–Trinajstić information content (AvgIpc) is 3.07. The molecular formula is C21H21FN2O2S. The quantitative estimate of drug-likeness (QED) is 0.550. The van der Waals surface area contributed by atoms with E-state index in [9.17, 15) is 9.18 Å². The van der Waals surface area contributed by atoms with Crippen LogP contribution in [-0.4, -0.2) is 36.0 Å². The summed E-state index contributed by atoms with van der Waals surface area (Å²) < 4.78 is 18.7. The van der Waals surface area contributed by atoms with E-state index in [1.54, 1.807) is 24.1 Å². The summed E-state index contributed by atoms with van der Waals surface area (Å²) in [6, 6.07) is 15.8. The number of benzene rings is 2. The van der Waals surface area contributed by atoms with Crippen LogP contribution in [0.1, 0.15) is 21.8 Å². The van der Waals surface area contributed by atoms with Crippen molar-refractivity contribution in [3.63, 3.8) is 0 Å². The highest BCUT2D eigenvalue weighted by atomic mass is 32.1. The van der Waals surface area contributed by atoms with Crippen molar-refractivity contribution in [3.8, 4) is 16.3 Å². The van der Waals surface area contributed by atoms with Crippen molar-refractivity contribution in [2.45, 2.75) is 13.3 Å². The number of aryl methyl sites for hydroxylation is 1. The maximum Gasteiger partial charge on any atom is 0.265 e. The molecule has 0 spiro atoms. The van der Waals surface area contributed by atoms with Crippen LogP contribution < -0.4 is 4.74 Å². The molecule has 0 N–H and O–H groups in total. The lowest BCUT2D eigenvalue weighted by Crippen LogP contribution is -2.28. The Morgan fingerprint density at radius 1 is 1.15 bits per heavy atom. The monoisotopic (exact) mass is 384 g/mol. The topological polar surface area (TPSA) is 42.4 Å². The van der Waals surface area contributed by atoms with Crippen LogP contribution in [0.2, 0.25) is 0 Å². The molecule has 0 atom stereocenters. The number of carbonyl (C=O) groups is 1. The van der Waals surface area contributed by atoms with Crippen molar-refractivity contribution in [1.82, 2.24) is 9.88 Å². The van der Waals surface area contributed by atoms with E-state index in [1.807, 2.05) is 37.3 Å². The van der Waals surface area contributed by atoms with E-state index in [4.69, 9.17) is 4.74 Å². The molecule has 4 nitrogen and oxygen atoms in total. The number of hydrogen-bond donors (Lipinski definition) is 0. The number of halogens is 1. The Labute approximate surface area is 162 Å². The fourth-order valence-electron chi connectivity index (χ4n) is 2.59. The smallest absolute Gasteiger partial charge is 0.265 e. The summed E-state index contributed by atoms with van der Waals surface area (Å²) in [6.45, 7) is 2.96. The number of amides is 1. The number of carbonyl (C=O) groups excluding carboxylic acids is 1. The zero-order valence-electron chi connectivity index (χ0n) is 15.3. The van der Waals surface area contributed by atoms with Gasteiger partial charge in [-0.3, -0.25) is 4.79 Å². The molecule has 140 valence electrons. The molecule has 0 saturated heterocycles. The number of rotatable bonds is 7. The second-order valence-electron chi connectivity index (χ2n) is 6.18. The van der Waals surface area contributed by atoms with Gasteiger partial charge in [-0.15, -0.1) is 11.3 Å². The number of nitrogens with zero attached hydrogens (tertiary/aromatic N) is 2. The van der Waals surface area contributed by atoms with Crippen molar-refractivity contribution in [2.75, 3.05) is 20.2 Å². The minimum atomic E-state index is -0.291. The van der Waals surface area contributed by atoms with Crippen molar-refractivity contribution >= 4 is 17.2 Å². The zero-order valence-corrected chi connectivity index (χ0v) is 16.1. The maximum absolute atomic E-state index is 13.1. The molecule has 3 rings (SSSR count). The molecule has 0 fully saturated rings. The molecule has 27 heavy (non-hydrogen) atoms. The fourth-order valence-corrected chi connectivity index (χ4v) is 3.66. The van der Waals surface area contributed by atoms with Gasteiger partial charge >= 0.3 is 0 Å². The number of para-hydroxylation sites is 1. The van der Waals surface area contributed by atoms with Crippen LogP contribution >= 0.6 is 11.3 Å². The largest absolute Gasteiger partial charge is 0.494 e. The first-order valence-corrected chi connectivity index (χ1v) is 9.53. The molecule has 0 saturated carbocycles. The van der Waals surface area contributed by atoms with Gasteiger partial charge in [0.15, 0.2) is 0 Å². The van der Waals surface area contributed by atoms with Gasteiger partial charge < -0.3 is 9.64 Å². The molecule has 0 aliphatic rings. The normalized spacial score (nSPS) is 10.6. The highest BCUT2D eigenvalue weighted by Gasteiger charge is 2.19. The first kappa shape index (κ1) is 19.0. The lowest BCUT2D eigenvalue weighted by Gasteiger charge is -2.16. The van der Waals surface area contributed by atoms with Gasteiger partial charge in [0, 0.05) is 19.2 Å². The third kappa shape index (κ3) is 4.92. The molecule has 0 unspecified atom stereocenters. The highest BCUT2D eigenvalue weighted by Crippen LogP contribution is 2.28. The second kappa shape index (κ2) is 8.77. The van der Waals surface area contributed by atoms with Crippen molar-refractivity contribution in [1.29, 1.82) is 0 Å². The van der Waals surface area contributed by atoms with E-state index < -0.39 is 0 Å². The van der Waals surface area contributed by atoms with E-state index >= 15 is 0 Å². The zero-order chi connectivity index (χ0) is 19.2. The van der Waals surface area contributed by atoms with Crippen molar-refractivity contribution in [2.24, 2.45) is 0 Å². The molecule has 1 heterocycles. The Bertz CT molecular complexity index is 894. The Kier molecular flexibility index (Phi) is 6.19. The van der Waals surface area contributed by atoms with Crippen molar-refractivity contribution in [3.05, 3.63) is 71.0 Å². The predicted octanol–water partition coefficient (Wildman–Crippen LogP) is 4.80. The standard InChI is InChI=1S/C21H21FN2O2S/c1-15-19(27-20(23-15)16-9-11-17(22)12-10-16)21(25)24(2)13-6-14-26-18-7-4-3-5-8-18/h3-5,7-12H,6,13-14H2,1-2H3. The third-order valence-electron chi connectivity index (χ3n) is 4.08. The number of ether oxygens (including phenoxy) is 1. The lowest BCUT2D eigenvalue weighted by atomic mass is 10.2. The molecule has 0 aliphatic carbocycles.